The van der Waals surface area contributed by atoms with E-state index in [1.165, 1.54) is 21.8 Å². The monoisotopic (exact) mass is 387 g/mol. The number of hydrogen-bond acceptors (Lipinski definition) is 5. The van der Waals surface area contributed by atoms with Gasteiger partial charge in [-0.2, -0.15) is 4.68 Å². The van der Waals surface area contributed by atoms with Crippen LogP contribution in [0.15, 0.2) is 24.3 Å². The Morgan fingerprint density at radius 2 is 2.12 bits per heavy atom. The van der Waals surface area contributed by atoms with Crippen molar-refractivity contribution in [1.29, 1.82) is 0 Å². The molecule has 0 aliphatic rings. The van der Waals surface area contributed by atoms with E-state index in [1.807, 2.05) is 23.7 Å². The Kier molecular flexibility index (Phi) is 8.14. The molecule has 8 heteroatoms. The van der Waals surface area contributed by atoms with Crippen molar-refractivity contribution >= 4 is 40.3 Å². The van der Waals surface area contributed by atoms with Gasteiger partial charge in [0.05, 0.1) is 7.05 Å². The highest BCUT2D eigenvalue weighted by Crippen LogP contribution is 2.13. The second-order valence-corrected chi connectivity index (χ2v) is 7.63. The second kappa shape index (κ2) is 10.1. The molecule has 5 nitrogen and oxygen atoms in total. The Morgan fingerprint density at radius 1 is 1.38 bits per heavy atom. The zero-order valence-corrected chi connectivity index (χ0v) is 16.4. The number of quaternary nitrogens is 1. The van der Waals surface area contributed by atoms with Crippen molar-refractivity contribution in [2.45, 2.75) is 26.6 Å². The number of ether oxygens (including phenoxy) is 1. The lowest BCUT2D eigenvalue weighted by Gasteiger charge is -2.13. The predicted molar refractivity (Wildman–Crippen MR) is 103 cm³/mol. The average Bonchev–Trinajstić information content (AvgIpc) is 2.89. The Labute approximate surface area is 157 Å². The normalized spacial score (nSPS) is 12.3. The van der Waals surface area contributed by atoms with Crippen LogP contribution in [0.5, 0.6) is 0 Å². The van der Waals surface area contributed by atoms with Gasteiger partial charge in [0.2, 0.25) is 5.13 Å². The van der Waals surface area contributed by atoms with Gasteiger partial charge in [-0.3, -0.25) is 0 Å². The summed E-state index contributed by atoms with van der Waals surface area (Å²) >= 11 is 12.9. The molecule has 24 heavy (non-hydrogen) atoms. The molecule has 0 amide bonds. The number of nitrogens with one attached hydrogen (secondary N) is 2. The van der Waals surface area contributed by atoms with Crippen LogP contribution in [0.2, 0.25) is 5.02 Å². The Bertz CT molecular complexity index is 671. The first kappa shape index (κ1) is 19.3. The van der Waals surface area contributed by atoms with Gasteiger partial charge in [0.1, 0.15) is 6.54 Å². The molecule has 1 aromatic carbocycles. The van der Waals surface area contributed by atoms with Crippen molar-refractivity contribution in [2.24, 2.45) is 0 Å². The minimum absolute atomic E-state index is 0.735. The maximum atomic E-state index is 5.92. The van der Waals surface area contributed by atoms with Crippen molar-refractivity contribution in [3.63, 3.8) is 0 Å². The quantitative estimate of drug-likeness (QED) is 0.486. The Balaban J connectivity index is 1.83. The second-order valence-electron chi connectivity index (χ2n) is 5.57. The summed E-state index contributed by atoms with van der Waals surface area (Å²) in [6.45, 7) is 6.01. The largest absolute Gasteiger partial charge is 0.382 e. The van der Waals surface area contributed by atoms with E-state index in [2.05, 4.69) is 29.6 Å². The van der Waals surface area contributed by atoms with Crippen LogP contribution in [0.25, 0.3) is 0 Å². The minimum Gasteiger partial charge on any atom is -0.382 e. The third kappa shape index (κ3) is 6.49. The standard InChI is InChI=1S/C16H23ClN4OS2/c1-3-22-10-4-9-18-15-19-21(16(23)24-15)12-20(2)11-13-5-7-14(17)8-6-13/h5-8H,3-4,9-12H2,1-2H3,(H,18,19)/p+1. The summed E-state index contributed by atoms with van der Waals surface area (Å²) in [7, 11) is 2.13. The fourth-order valence-corrected chi connectivity index (χ4v) is 3.41. The summed E-state index contributed by atoms with van der Waals surface area (Å²) < 4.78 is 8.00. The van der Waals surface area contributed by atoms with Crippen LogP contribution >= 0.6 is 35.2 Å². The van der Waals surface area contributed by atoms with E-state index in [-0.39, 0.29) is 0 Å². The molecule has 1 aromatic heterocycles. The van der Waals surface area contributed by atoms with Crippen molar-refractivity contribution in [3.05, 3.63) is 38.8 Å². The molecule has 2 N–H and O–H groups in total. The van der Waals surface area contributed by atoms with Gasteiger partial charge in [0.25, 0.3) is 0 Å². The smallest absolute Gasteiger partial charge is 0.204 e. The molecule has 0 radical (unpaired) electrons. The summed E-state index contributed by atoms with van der Waals surface area (Å²) in [5.41, 5.74) is 1.24. The summed E-state index contributed by atoms with van der Waals surface area (Å²) in [5, 5.41) is 9.50. The Morgan fingerprint density at radius 3 is 2.83 bits per heavy atom. The van der Waals surface area contributed by atoms with Gasteiger partial charge < -0.3 is 15.0 Å². The van der Waals surface area contributed by atoms with E-state index >= 15 is 0 Å². The van der Waals surface area contributed by atoms with Crippen LogP contribution in [0, 0.1) is 3.95 Å². The van der Waals surface area contributed by atoms with Crippen LogP contribution < -0.4 is 10.2 Å². The third-order valence-corrected chi connectivity index (χ3v) is 4.91. The molecule has 0 bridgehead atoms. The molecule has 132 valence electrons. The molecule has 0 aliphatic carbocycles. The fraction of sp³-hybridized carbons (Fsp3) is 0.500. The SMILES string of the molecule is CCOCCCNc1nn(C[NH+](C)Cc2ccc(Cl)cc2)c(=S)s1. The molecular formula is C16H24ClN4OS2+. The molecule has 1 atom stereocenters. The lowest BCUT2D eigenvalue weighted by atomic mass is 10.2. The van der Waals surface area contributed by atoms with Crippen molar-refractivity contribution in [3.8, 4) is 0 Å². The van der Waals surface area contributed by atoms with Gasteiger partial charge in [-0.25, -0.2) is 0 Å². The number of nitrogens with zero attached hydrogens (tertiary/aromatic N) is 2. The van der Waals surface area contributed by atoms with Gasteiger partial charge >= 0.3 is 0 Å². The number of halogens is 1. The van der Waals surface area contributed by atoms with Gasteiger partial charge in [-0.05, 0) is 37.7 Å². The molecule has 0 saturated carbocycles. The van der Waals surface area contributed by atoms with Crippen LogP contribution in [-0.4, -0.2) is 36.6 Å². The van der Waals surface area contributed by atoms with E-state index in [0.717, 1.165) is 53.5 Å². The predicted octanol–water partition coefficient (Wildman–Crippen LogP) is 2.84. The summed E-state index contributed by atoms with van der Waals surface area (Å²) in [6, 6.07) is 7.95. The van der Waals surface area contributed by atoms with E-state index in [0.29, 0.717) is 0 Å². The lowest BCUT2D eigenvalue weighted by Crippen LogP contribution is -3.07. The topological polar surface area (TPSA) is 43.5 Å². The zero-order valence-electron chi connectivity index (χ0n) is 14.0. The van der Waals surface area contributed by atoms with Gasteiger partial charge in [-0.1, -0.05) is 35.1 Å². The summed E-state index contributed by atoms with van der Waals surface area (Å²) in [5.74, 6) is 0. The van der Waals surface area contributed by atoms with Crippen molar-refractivity contribution < 1.29 is 9.64 Å². The minimum atomic E-state index is 0.735. The molecular weight excluding hydrogens is 364 g/mol. The lowest BCUT2D eigenvalue weighted by molar-refractivity contribution is -0.917. The fourth-order valence-electron chi connectivity index (χ4n) is 2.25. The molecule has 0 spiro atoms. The number of aromatic nitrogens is 2. The van der Waals surface area contributed by atoms with Crippen LogP contribution in [-0.2, 0) is 18.0 Å². The van der Waals surface area contributed by atoms with Crippen LogP contribution in [0.4, 0.5) is 5.13 Å². The van der Waals surface area contributed by atoms with E-state index < -0.39 is 0 Å². The van der Waals surface area contributed by atoms with Crippen molar-refractivity contribution in [1.82, 2.24) is 9.78 Å². The highest BCUT2D eigenvalue weighted by Gasteiger charge is 2.09. The number of rotatable bonds is 10. The van der Waals surface area contributed by atoms with Crippen molar-refractivity contribution in [2.75, 3.05) is 32.1 Å². The van der Waals surface area contributed by atoms with E-state index in [1.54, 1.807) is 0 Å². The third-order valence-electron chi connectivity index (χ3n) is 3.39. The summed E-state index contributed by atoms with van der Waals surface area (Å²) in [6.07, 6.45) is 0.960. The molecule has 0 fully saturated rings. The molecule has 2 rings (SSSR count). The number of hydrogen-bond donors (Lipinski definition) is 2. The maximum Gasteiger partial charge on any atom is 0.204 e. The molecule has 0 saturated heterocycles. The zero-order chi connectivity index (χ0) is 17.4. The Hall–Kier alpha value is -0.990. The van der Waals surface area contributed by atoms with Gasteiger partial charge in [-0.15, -0.1) is 5.10 Å². The molecule has 0 aliphatic heterocycles. The number of benzene rings is 1. The van der Waals surface area contributed by atoms with E-state index in [9.17, 15) is 0 Å². The maximum absolute atomic E-state index is 5.92. The van der Waals surface area contributed by atoms with Gasteiger partial charge in [0.15, 0.2) is 10.6 Å². The first-order chi connectivity index (χ1) is 11.6. The van der Waals surface area contributed by atoms with Crippen LogP contribution in [0.3, 0.4) is 0 Å². The first-order valence-electron chi connectivity index (χ1n) is 8.03. The molecule has 1 unspecified atom stereocenters. The highest BCUT2D eigenvalue weighted by atomic mass is 35.5. The van der Waals surface area contributed by atoms with Crippen LogP contribution in [0.1, 0.15) is 18.9 Å². The average molecular weight is 388 g/mol. The first-order valence-corrected chi connectivity index (χ1v) is 9.64. The molecule has 1 heterocycles. The number of anilines is 1. The van der Waals surface area contributed by atoms with E-state index in [4.69, 9.17) is 28.6 Å². The van der Waals surface area contributed by atoms with Gasteiger partial charge in [0, 0.05) is 30.3 Å². The highest BCUT2D eigenvalue weighted by molar-refractivity contribution is 7.73. The summed E-state index contributed by atoms with van der Waals surface area (Å²) in [4.78, 5) is 1.31. The molecule has 2 aromatic rings.